The summed E-state index contributed by atoms with van der Waals surface area (Å²) in [5, 5.41) is 2.72. The number of carbonyl (C=O) groups excluding carboxylic acids is 1. The Morgan fingerprint density at radius 1 is 1.10 bits per heavy atom. The van der Waals surface area contributed by atoms with Gasteiger partial charge in [0.1, 0.15) is 17.6 Å². The molecule has 1 amide bonds. The van der Waals surface area contributed by atoms with Crippen LogP contribution in [0, 0.1) is 5.92 Å². The smallest absolute Gasteiger partial charge is 0.243 e. The highest BCUT2D eigenvalue weighted by molar-refractivity contribution is 7.89. The molecule has 1 aliphatic rings. The van der Waals surface area contributed by atoms with Gasteiger partial charge in [-0.3, -0.25) is 4.79 Å². The number of hydrogen-bond acceptors (Lipinski definition) is 6. The largest absolute Gasteiger partial charge is 0.497 e. The normalized spacial score (nSPS) is 15.3. The Kier molecular flexibility index (Phi) is 6.94. The van der Waals surface area contributed by atoms with Crippen LogP contribution in [0.5, 0.6) is 5.75 Å². The van der Waals surface area contributed by atoms with Crippen molar-refractivity contribution in [1.29, 1.82) is 0 Å². The highest BCUT2D eigenvalue weighted by Gasteiger charge is 2.28. The molecule has 0 unspecified atom stereocenters. The molecule has 1 fully saturated rings. The summed E-state index contributed by atoms with van der Waals surface area (Å²) in [7, 11) is -2.37. The van der Waals surface area contributed by atoms with Gasteiger partial charge in [-0.2, -0.15) is 4.72 Å². The molecule has 0 aliphatic carbocycles. The molecule has 30 heavy (non-hydrogen) atoms. The standard InChI is InChI=1S/C21H28N4O4S/c1-15(2)20(24-30(27,28)18-9-7-17(29-3)8-10-18)21(26)23-19-11-6-16(14-22-19)25-12-4-5-13-25/h6-11,14-15,20,24H,4-5,12-13H2,1-3H3,(H,22,23,26)/t20-/m0/s1. The molecule has 1 atom stereocenters. The predicted octanol–water partition coefficient (Wildman–Crippen LogP) is 2.63. The van der Waals surface area contributed by atoms with Crippen molar-refractivity contribution in [2.45, 2.75) is 37.6 Å². The van der Waals surface area contributed by atoms with Gasteiger partial charge in [0, 0.05) is 13.1 Å². The van der Waals surface area contributed by atoms with Crippen LogP contribution in [0.25, 0.3) is 0 Å². The lowest BCUT2D eigenvalue weighted by Crippen LogP contribution is -2.47. The van der Waals surface area contributed by atoms with Gasteiger partial charge < -0.3 is 15.0 Å². The molecule has 3 rings (SSSR count). The molecule has 0 bridgehead atoms. The minimum absolute atomic E-state index is 0.0647. The van der Waals surface area contributed by atoms with Crippen molar-refractivity contribution >= 4 is 27.4 Å². The molecule has 1 saturated heterocycles. The summed E-state index contributed by atoms with van der Waals surface area (Å²) in [6.45, 7) is 5.58. The summed E-state index contributed by atoms with van der Waals surface area (Å²) in [4.78, 5) is 19.4. The molecule has 1 aromatic heterocycles. The second-order valence-corrected chi connectivity index (χ2v) is 9.32. The lowest BCUT2D eigenvalue weighted by molar-refractivity contribution is -0.118. The Balaban J connectivity index is 1.69. The first kappa shape index (κ1) is 22.0. The van der Waals surface area contributed by atoms with E-state index in [2.05, 4.69) is 19.9 Å². The first-order valence-electron chi connectivity index (χ1n) is 9.98. The molecule has 2 N–H and O–H groups in total. The molecule has 1 aromatic carbocycles. The van der Waals surface area contributed by atoms with E-state index >= 15 is 0 Å². The second kappa shape index (κ2) is 9.44. The highest BCUT2D eigenvalue weighted by Crippen LogP contribution is 2.21. The van der Waals surface area contributed by atoms with Gasteiger partial charge in [0.15, 0.2) is 0 Å². The van der Waals surface area contributed by atoms with Gasteiger partial charge in [0.25, 0.3) is 0 Å². The van der Waals surface area contributed by atoms with Crippen molar-refractivity contribution in [3.63, 3.8) is 0 Å². The van der Waals surface area contributed by atoms with Gasteiger partial charge in [0.2, 0.25) is 15.9 Å². The van der Waals surface area contributed by atoms with E-state index in [1.165, 1.54) is 32.1 Å². The van der Waals surface area contributed by atoms with Crippen LogP contribution < -0.4 is 19.7 Å². The summed E-state index contributed by atoms with van der Waals surface area (Å²) >= 11 is 0. The molecule has 2 heterocycles. The fourth-order valence-electron chi connectivity index (χ4n) is 3.31. The lowest BCUT2D eigenvalue weighted by Gasteiger charge is -2.22. The molecule has 0 saturated carbocycles. The van der Waals surface area contributed by atoms with Crippen LogP contribution in [0.4, 0.5) is 11.5 Å². The van der Waals surface area contributed by atoms with Crippen LogP contribution in [0.15, 0.2) is 47.5 Å². The number of hydrogen-bond donors (Lipinski definition) is 2. The lowest BCUT2D eigenvalue weighted by atomic mass is 10.1. The van der Waals surface area contributed by atoms with E-state index in [0.29, 0.717) is 11.6 Å². The average Bonchev–Trinajstić information content (AvgIpc) is 3.27. The number of amides is 1. The van der Waals surface area contributed by atoms with Gasteiger partial charge in [0.05, 0.1) is 23.9 Å². The Labute approximate surface area is 177 Å². The van der Waals surface area contributed by atoms with Crippen molar-refractivity contribution in [3.05, 3.63) is 42.6 Å². The molecule has 8 nitrogen and oxygen atoms in total. The van der Waals surface area contributed by atoms with Crippen LogP contribution in [0.1, 0.15) is 26.7 Å². The predicted molar refractivity (Wildman–Crippen MR) is 116 cm³/mol. The Morgan fingerprint density at radius 2 is 1.77 bits per heavy atom. The van der Waals surface area contributed by atoms with E-state index in [0.717, 1.165) is 18.8 Å². The van der Waals surface area contributed by atoms with Crippen LogP contribution >= 0.6 is 0 Å². The van der Waals surface area contributed by atoms with Gasteiger partial charge in [-0.25, -0.2) is 13.4 Å². The van der Waals surface area contributed by atoms with Crippen molar-refractivity contribution in [3.8, 4) is 5.75 Å². The monoisotopic (exact) mass is 432 g/mol. The SMILES string of the molecule is COc1ccc(S(=O)(=O)N[C@H](C(=O)Nc2ccc(N3CCCC3)cn2)C(C)C)cc1. The van der Waals surface area contributed by atoms with E-state index in [1.807, 2.05) is 6.07 Å². The maximum absolute atomic E-state index is 12.8. The van der Waals surface area contributed by atoms with E-state index in [1.54, 1.807) is 38.2 Å². The molecule has 0 spiro atoms. The summed E-state index contributed by atoms with van der Waals surface area (Å²) in [5.74, 6) is 0.221. The molecule has 0 radical (unpaired) electrons. The zero-order valence-corrected chi connectivity index (χ0v) is 18.3. The zero-order valence-electron chi connectivity index (χ0n) is 17.5. The van der Waals surface area contributed by atoms with Gasteiger partial charge >= 0.3 is 0 Å². The van der Waals surface area contributed by atoms with Gasteiger partial charge in [-0.1, -0.05) is 13.8 Å². The number of aromatic nitrogens is 1. The van der Waals surface area contributed by atoms with E-state index < -0.39 is 22.0 Å². The highest BCUT2D eigenvalue weighted by atomic mass is 32.2. The third kappa shape index (κ3) is 5.28. The molecule has 162 valence electrons. The summed E-state index contributed by atoms with van der Waals surface area (Å²) in [6, 6.07) is 8.71. The minimum Gasteiger partial charge on any atom is -0.497 e. The molecule has 9 heteroatoms. The Morgan fingerprint density at radius 3 is 2.30 bits per heavy atom. The second-order valence-electron chi connectivity index (χ2n) is 7.60. The number of ether oxygens (including phenoxy) is 1. The fraction of sp³-hybridized carbons (Fsp3) is 0.429. The molecular formula is C21H28N4O4S. The van der Waals surface area contributed by atoms with Crippen molar-refractivity contribution in [1.82, 2.24) is 9.71 Å². The first-order chi connectivity index (χ1) is 14.3. The number of sulfonamides is 1. The number of rotatable bonds is 8. The van der Waals surface area contributed by atoms with Crippen LogP contribution in [0.3, 0.4) is 0 Å². The van der Waals surface area contributed by atoms with Crippen LogP contribution in [-0.4, -0.2) is 45.6 Å². The first-order valence-corrected chi connectivity index (χ1v) is 11.5. The minimum atomic E-state index is -3.88. The molecular weight excluding hydrogens is 404 g/mol. The number of carbonyl (C=O) groups is 1. The number of nitrogens with one attached hydrogen (secondary N) is 2. The summed E-state index contributed by atoms with van der Waals surface area (Å²) in [5.41, 5.74) is 1.02. The maximum atomic E-state index is 12.8. The molecule has 1 aliphatic heterocycles. The topological polar surface area (TPSA) is 101 Å². The Bertz CT molecular complexity index is 954. The van der Waals surface area contributed by atoms with Crippen molar-refractivity contribution in [2.24, 2.45) is 5.92 Å². The number of nitrogens with zero attached hydrogens (tertiary/aromatic N) is 2. The number of anilines is 2. The van der Waals surface area contributed by atoms with Crippen molar-refractivity contribution < 1.29 is 17.9 Å². The third-order valence-corrected chi connectivity index (χ3v) is 6.53. The average molecular weight is 433 g/mol. The zero-order chi connectivity index (χ0) is 21.7. The van der Waals surface area contributed by atoms with Crippen LogP contribution in [0.2, 0.25) is 0 Å². The van der Waals surface area contributed by atoms with E-state index in [-0.39, 0.29) is 10.8 Å². The number of methoxy groups -OCH3 is 1. The fourth-order valence-corrected chi connectivity index (χ4v) is 4.65. The number of benzene rings is 1. The third-order valence-electron chi connectivity index (χ3n) is 5.07. The van der Waals surface area contributed by atoms with Gasteiger partial charge in [-0.15, -0.1) is 0 Å². The summed E-state index contributed by atoms with van der Waals surface area (Å²) < 4.78 is 33.0. The summed E-state index contributed by atoms with van der Waals surface area (Å²) in [6.07, 6.45) is 4.07. The van der Waals surface area contributed by atoms with E-state index in [4.69, 9.17) is 4.74 Å². The maximum Gasteiger partial charge on any atom is 0.243 e. The van der Waals surface area contributed by atoms with Crippen LogP contribution in [-0.2, 0) is 14.8 Å². The number of pyridine rings is 1. The Hall–Kier alpha value is -2.65. The molecule has 2 aromatic rings. The van der Waals surface area contributed by atoms with E-state index in [9.17, 15) is 13.2 Å². The van der Waals surface area contributed by atoms with Crippen molar-refractivity contribution in [2.75, 3.05) is 30.4 Å². The van der Waals surface area contributed by atoms with Gasteiger partial charge in [-0.05, 0) is 55.2 Å². The quantitative estimate of drug-likeness (QED) is 0.665.